The maximum absolute atomic E-state index is 13.1. The number of benzene rings is 3. The average molecular weight is 451 g/mol. The van der Waals surface area contributed by atoms with Crippen LogP contribution in [-0.4, -0.2) is 32.0 Å². The maximum Gasteiger partial charge on any atom is 0.271 e. The first-order valence-corrected chi connectivity index (χ1v) is 9.85. The number of hydrazine groups is 1. The Hall–Kier alpha value is -4.11. The lowest BCUT2D eigenvalue weighted by Gasteiger charge is -2.09. The van der Waals surface area contributed by atoms with Gasteiger partial charge in [-0.3, -0.25) is 20.4 Å². The Morgan fingerprint density at radius 2 is 1.66 bits per heavy atom. The predicted molar refractivity (Wildman–Crippen MR) is 115 cm³/mol. The topological polar surface area (TPSA) is 102 Å². The van der Waals surface area contributed by atoms with Crippen LogP contribution in [0.3, 0.4) is 0 Å². The highest BCUT2D eigenvalue weighted by Crippen LogP contribution is 2.17. The number of aromatic nitrogens is 4. The fourth-order valence-corrected chi connectivity index (χ4v) is 3.12. The number of rotatable bonds is 5. The lowest BCUT2D eigenvalue weighted by Crippen LogP contribution is -2.41. The smallest absolute Gasteiger partial charge is 0.267 e. The van der Waals surface area contributed by atoms with E-state index in [2.05, 4.69) is 26.3 Å². The first-order valence-electron chi connectivity index (χ1n) is 9.47. The fourth-order valence-electron chi connectivity index (χ4n) is 2.86. The number of tetrazole rings is 1. The van der Waals surface area contributed by atoms with Gasteiger partial charge in [0.1, 0.15) is 5.82 Å². The van der Waals surface area contributed by atoms with Crippen molar-refractivity contribution in [1.82, 2.24) is 31.1 Å². The molecule has 2 N–H and O–H groups in total. The van der Waals surface area contributed by atoms with Crippen molar-refractivity contribution in [2.45, 2.75) is 6.54 Å². The second-order valence-corrected chi connectivity index (χ2v) is 7.15. The molecule has 4 rings (SSSR count). The lowest BCUT2D eigenvalue weighted by atomic mass is 10.1. The van der Waals surface area contributed by atoms with E-state index in [-0.39, 0.29) is 10.6 Å². The van der Waals surface area contributed by atoms with Gasteiger partial charge in [-0.2, -0.15) is 4.80 Å². The minimum absolute atomic E-state index is 0.0407. The summed E-state index contributed by atoms with van der Waals surface area (Å²) in [4.78, 5) is 25.9. The van der Waals surface area contributed by atoms with E-state index in [1.54, 1.807) is 24.3 Å². The van der Waals surface area contributed by atoms with Gasteiger partial charge in [-0.25, -0.2) is 4.39 Å². The van der Waals surface area contributed by atoms with Gasteiger partial charge >= 0.3 is 0 Å². The molecule has 0 saturated carbocycles. The highest BCUT2D eigenvalue weighted by Gasteiger charge is 2.13. The van der Waals surface area contributed by atoms with E-state index in [0.29, 0.717) is 17.9 Å². The molecule has 3 aromatic carbocycles. The SMILES string of the molecule is O=C(NNC(=O)c1ccc(F)cc1Cl)c1ccc(Cn2nnc(-c3ccccc3)n2)cc1. The Bertz CT molecular complexity index is 1260. The molecular weight excluding hydrogens is 435 g/mol. The van der Waals surface area contributed by atoms with Gasteiger partial charge < -0.3 is 0 Å². The van der Waals surface area contributed by atoms with Gasteiger partial charge in [0.05, 0.1) is 17.1 Å². The molecule has 0 bridgehead atoms. The van der Waals surface area contributed by atoms with Crippen LogP contribution in [0, 0.1) is 5.82 Å². The summed E-state index contributed by atoms with van der Waals surface area (Å²) in [5, 5.41) is 12.4. The quantitative estimate of drug-likeness (QED) is 0.454. The van der Waals surface area contributed by atoms with Gasteiger partial charge in [-0.05, 0) is 41.1 Å². The lowest BCUT2D eigenvalue weighted by molar-refractivity contribution is 0.0846. The Labute approximate surface area is 187 Å². The van der Waals surface area contributed by atoms with Crippen molar-refractivity contribution in [1.29, 1.82) is 0 Å². The van der Waals surface area contributed by atoms with E-state index in [1.165, 1.54) is 10.9 Å². The Balaban J connectivity index is 1.34. The van der Waals surface area contributed by atoms with Crippen LogP contribution in [0.1, 0.15) is 26.3 Å². The molecule has 1 aromatic heterocycles. The summed E-state index contributed by atoms with van der Waals surface area (Å²) in [6.07, 6.45) is 0. The summed E-state index contributed by atoms with van der Waals surface area (Å²) in [6, 6.07) is 19.6. The van der Waals surface area contributed by atoms with Gasteiger partial charge in [-0.15, -0.1) is 10.2 Å². The van der Waals surface area contributed by atoms with Crippen molar-refractivity contribution in [3.8, 4) is 11.4 Å². The van der Waals surface area contributed by atoms with Crippen molar-refractivity contribution in [2.24, 2.45) is 0 Å². The van der Waals surface area contributed by atoms with E-state index >= 15 is 0 Å². The average Bonchev–Trinajstić information content (AvgIpc) is 3.27. The molecule has 0 atom stereocenters. The molecule has 0 aliphatic carbocycles. The Morgan fingerprint density at radius 3 is 2.38 bits per heavy atom. The molecule has 32 heavy (non-hydrogen) atoms. The van der Waals surface area contributed by atoms with E-state index in [4.69, 9.17) is 11.6 Å². The largest absolute Gasteiger partial charge is 0.271 e. The minimum atomic E-state index is -0.661. The van der Waals surface area contributed by atoms with Crippen LogP contribution in [0.2, 0.25) is 5.02 Å². The number of nitrogens with zero attached hydrogens (tertiary/aromatic N) is 4. The molecule has 0 saturated heterocycles. The van der Waals surface area contributed by atoms with Crippen LogP contribution in [-0.2, 0) is 6.54 Å². The first-order chi connectivity index (χ1) is 15.5. The van der Waals surface area contributed by atoms with E-state index in [9.17, 15) is 14.0 Å². The van der Waals surface area contributed by atoms with Crippen molar-refractivity contribution in [3.05, 3.63) is 100 Å². The zero-order valence-electron chi connectivity index (χ0n) is 16.5. The number of hydrogen-bond donors (Lipinski definition) is 2. The van der Waals surface area contributed by atoms with Crippen LogP contribution in [0.15, 0.2) is 72.8 Å². The Morgan fingerprint density at radius 1 is 0.938 bits per heavy atom. The summed E-state index contributed by atoms with van der Waals surface area (Å²) in [6.45, 7) is 0.377. The number of nitrogens with one attached hydrogen (secondary N) is 2. The normalized spacial score (nSPS) is 10.6. The minimum Gasteiger partial charge on any atom is -0.267 e. The maximum atomic E-state index is 13.1. The molecule has 2 amide bonds. The van der Waals surface area contributed by atoms with Crippen molar-refractivity contribution in [2.75, 3.05) is 0 Å². The summed E-state index contributed by atoms with van der Waals surface area (Å²) < 4.78 is 13.1. The molecule has 8 nitrogen and oxygen atoms in total. The van der Waals surface area contributed by atoms with Gasteiger partial charge in [-0.1, -0.05) is 54.1 Å². The fraction of sp³-hybridized carbons (Fsp3) is 0.0455. The summed E-state index contributed by atoms with van der Waals surface area (Å²) in [7, 11) is 0. The van der Waals surface area contributed by atoms with Crippen molar-refractivity contribution >= 4 is 23.4 Å². The summed E-state index contributed by atoms with van der Waals surface area (Å²) >= 11 is 5.85. The zero-order valence-corrected chi connectivity index (χ0v) is 17.3. The molecule has 0 radical (unpaired) electrons. The summed E-state index contributed by atoms with van der Waals surface area (Å²) in [5.74, 6) is -1.22. The van der Waals surface area contributed by atoms with Gasteiger partial charge in [0.15, 0.2) is 0 Å². The Kier molecular flexibility index (Phi) is 6.18. The predicted octanol–water partition coefficient (Wildman–Crippen LogP) is 3.26. The van der Waals surface area contributed by atoms with Crippen LogP contribution >= 0.6 is 11.6 Å². The molecule has 4 aromatic rings. The zero-order chi connectivity index (χ0) is 22.5. The molecule has 10 heteroatoms. The third-order valence-corrected chi connectivity index (χ3v) is 4.80. The monoisotopic (exact) mass is 450 g/mol. The number of carbonyl (C=O) groups is 2. The van der Waals surface area contributed by atoms with Crippen LogP contribution < -0.4 is 10.9 Å². The molecule has 1 heterocycles. The number of hydrogen-bond acceptors (Lipinski definition) is 5. The molecular formula is C22H16ClFN6O2. The highest BCUT2D eigenvalue weighted by atomic mass is 35.5. The van der Waals surface area contributed by atoms with E-state index in [0.717, 1.165) is 23.3 Å². The molecule has 0 unspecified atom stereocenters. The van der Waals surface area contributed by atoms with E-state index in [1.807, 2.05) is 30.3 Å². The van der Waals surface area contributed by atoms with E-state index < -0.39 is 17.6 Å². The van der Waals surface area contributed by atoms with Crippen LogP contribution in [0.4, 0.5) is 4.39 Å². The van der Waals surface area contributed by atoms with Gasteiger partial charge in [0.2, 0.25) is 5.82 Å². The molecule has 0 aliphatic heterocycles. The van der Waals surface area contributed by atoms with Crippen molar-refractivity contribution in [3.63, 3.8) is 0 Å². The standard InChI is InChI=1S/C22H16ClFN6O2/c23-19-12-17(24)10-11-18(19)22(32)27-26-21(31)16-8-6-14(7-9-16)13-30-28-20(25-29-30)15-4-2-1-3-5-15/h1-12H,13H2,(H,26,31)(H,27,32). The van der Waals surface area contributed by atoms with Crippen molar-refractivity contribution < 1.29 is 14.0 Å². The second-order valence-electron chi connectivity index (χ2n) is 6.74. The summed E-state index contributed by atoms with van der Waals surface area (Å²) in [5.41, 5.74) is 6.65. The number of amides is 2. The number of halogens is 2. The van der Waals surface area contributed by atoms with Gasteiger partial charge in [0.25, 0.3) is 11.8 Å². The molecule has 0 fully saturated rings. The van der Waals surface area contributed by atoms with Crippen LogP contribution in [0.5, 0.6) is 0 Å². The van der Waals surface area contributed by atoms with Crippen LogP contribution in [0.25, 0.3) is 11.4 Å². The third kappa shape index (κ3) is 4.96. The highest BCUT2D eigenvalue weighted by molar-refractivity contribution is 6.33. The second kappa shape index (κ2) is 9.36. The molecule has 0 aliphatic rings. The third-order valence-electron chi connectivity index (χ3n) is 4.49. The first kappa shape index (κ1) is 21.1. The molecule has 160 valence electrons. The molecule has 0 spiro atoms. The van der Waals surface area contributed by atoms with Gasteiger partial charge in [0, 0.05) is 11.1 Å². The number of carbonyl (C=O) groups excluding carboxylic acids is 2.